The largest absolute Gasteiger partial charge is 0.460 e. The number of pyridine rings is 1. The minimum Gasteiger partial charge on any atom is -0.460 e. The number of esters is 1. The van der Waals surface area contributed by atoms with E-state index in [0.717, 1.165) is 12.8 Å². The fraction of sp³-hybridized carbons (Fsp3) is 0.538. The Morgan fingerprint density at radius 3 is 2.78 bits per heavy atom. The van der Waals surface area contributed by atoms with Crippen molar-refractivity contribution in [3.8, 4) is 0 Å². The summed E-state index contributed by atoms with van der Waals surface area (Å²) in [6, 6.07) is 3.14. The standard InChI is InChI=1S/C13H18ClNO3/c1-3-4-5-17-6-7-18-13(16)11-8-10(2)15-12(14)9-11/h8-9H,3-7H2,1-2H3. The van der Waals surface area contributed by atoms with E-state index in [-0.39, 0.29) is 6.61 Å². The normalized spacial score (nSPS) is 10.4. The highest BCUT2D eigenvalue weighted by molar-refractivity contribution is 6.29. The van der Waals surface area contributed by atoms with Crippen LogP contribution < -0.4 is 0 Å². The molecule has 0 radical (unpaired) electrons. The lowest BCUT2D eigenvalue weighted by atomic mass is 10.2. The van der Waals surface area contributed by atoms with Crippen molar-refractivity contribution in [3.63, 3.8) is 0 Å². The van der Waals surface area contributed by atoms with Crippen LogP contribution in [0.5, 0.6) is 0 Å². The van der Waals surface area contributed by atoms with Gasteiger partial charge in [-0.15, -0.1) is 0 Å². The molecule has 0 unspecified atom stereocenters. The fourth-order valence-corrected chi connectivity index (χ4v) is 1.62. The van der Waals surface area contributed by atoms with Gasteiger partial charge in [0, 0.05) is 12.3 Å². The lowest BCUT2D eigenvalue weighted by molar-refractivity contribution is 0.0313. The Labute approximate surface area is 112 Å². The summed E-state index contributed by atoms with van der Waals surface area (Å²) in [4.78, 5) is 15.7. The average Bonchev–Trinajstić information content (AvgIpc) is 2.32. The number of hydrogen-bond acceptors (Lipinski definition) is 4. The van der Waals surface area contributed by atoms with Crippen LogP contribution in [0.2, 0.25) is 5.15 Å². The van der Waals surface area contributed by atoms with E-state index >= 15 is 0 Å². The average molecular weight is 272 g/mol. The van der Waals surface area contributed by atoms with E-state index in [1.165, 1.54) is 6.07 Å². The number of aromatic nitrogens is 1. The number of ether oxygens (including phenoxy) is 2. The molecule has 1 aromatic rings. The molecule has 0 aliphatic carbocycles. The molecule has 18 heavy (non-hydrogen) atoms. The molecule has 0 saturated carbocycles. The SMILES string of the molecule is CCCCOCCOC(=O)c1cc(C)nc(Cl)c1. The number of aryl methyl sites for hydroxylation is 1. The van der Waals surface area contributed by atoms with Gasteiger partial charge in [0.2, 0.25) is 0 Å². The van der Waals surface area contributed by atoms with Crippen molar-refractivity contribution < 1.29 is 14.3 Å². The second-order valence-corrected chi connectivity index (χ2v) is 4.31. The Bertz CT molecular complexity index is 376. The molecule has 0 aliphatic heterocycles. The fourth-order valence-electron chi connectivity index (χ4n) is 1.37. The molecule has 0 amide bonds. The summed E-state index contributed by atoms with van der Waals surface area (Å²) >= 11 is 5.77. The van der Waals surface area contributed by atoms with Crippen LogP contribution in [-0.4, -0.2) is 30.8 Å². The Balaban J connectivity index is 2.32. The molecule has 4 nitrogen and oxygen atoms in total. The molecule has 100 valence electrons. The third-order valence-electron chi connectivity index (χ3n) is 2.26. The molecular formula is C13H18ClNO3. The molecule has 0 aliphatic rings. The Morgan fingerprint density at radius 1 is 1.33 bits per heavy atom. The molecule has 0 aromatic carbocycles. The molecule has 0 saturated heterocycles. The van der Waals surface area contributed by atoms with Crippen molar-refractivity contribution in [1.29, 1.82) is 0 Å². The zero-order valence-corrected chi connectivity index (χ0v) is 11.5. The van der Waals surface area contributed by atoms with Gasteiger partial charge < -0.3 is 9.47 Å². The summed E-state index contributed by atoms with van der Waals surface area (Å²) in [5, 5.41) is 0.293. The van der Waals surface area contributed by atoms with Crippen LogP contribution in [0.3, 0.4) is 0 Å². The second-order valence-electron chi connectivity index (χ2n) is 3.92. The highest BCUT2D eigenvalue weighted by Gasteiger charge is 2.09. The molecule has 5 heteroatoms. The van der Waals surface area contributed by atoms with Gasteiger partial charge in [0.25, 0.3) is 0 Å². The van der Waals surface area contributed by atoms with E-state index in [4.69, 9.17) is 21.1 Å². The number of carbonyl (C=O) groups excluding carboxylic acids is 1. The van der Waals surface area contributed by atoms with Gasteiger partial charge in [0.15, 0.2) is 0 Å². The quantitative estimate of drug-likeness (QED) is 0.434. The van der Waals surface area contributed by atoms with Crippen molar-refractivity contribution in [2.45, 2.75) is 26.7 Å². The minimum absolute atomic E-state index is 0.252. The Hall–Kier alpha value is -1.13. The molecule has 0 atom stereocenters. The van der Waals surface area contributed by atoms with Crippen LogP contribution in [0.15, 0.2) is 12.1 Å². The molecule has 0 fully saturated rings. The van der Waals surface area contributed by atoms with Crippen molar-refractivity contribution in [2.24, 2.45) is 0 Å². The molecular weight excluding hydrogens is 254 g/mol. The number of halogens is 1. The van der Waals surface area contributed by atoms with Gasteiger partial charge in [0.1, 0.15) is 11.8 Å². The molecule has 1 aromatic heterocycles. The third kappa shape index (κ3) is 5.47. The van der Waals surface area contributed by atoms with Gasteiger partial charge in [-0.3, -0.25) is 0 Å². The first-order valence-electron chi connectivity index (χ1n) is 6.02. The van der Waals surface area contributed by atoms with E-state index < -0.39 is 5.97 Å². The predicted molar refractivity (Wildman–Crippen MR) is 70.0 cm³/mol. The van der Waals surface area contributed by atoms with Gasteiger partial charge in [0.05, 0.1) is 12.2 Å². The van der Waals surface area contributed by atoms with Gasteiger partial charge in [-0.2, -0.15) is 0 Å². The number of carbonyl (C=O) groups is 1. The highest BCUT2D eigenvalue weighted by Crippen LogP contribution is 2.11. The molecule has 0 bridgehead atoms. The van der Waals surface area contributed by atoms with Gasteiger partial charge in [-0.1, -0.05) is 24.9 Å². The maximum atomic E-state index is 11.7. The summed E-state index contributed by atoms with van der Waals surface area (Å²) < 4.78 is 10.4. The predicted octanol–water partition coefficient (Wildman–Crippen LogP) is 3.02. The number of hydrogen-bond donors (Lipinski definition) is 0. The van der Waals surface area contributed by atoms with Gasteiger partial charge in [-0.05, 0) is 25.5 Å². The summed E-state index contributed by atoms with van der Waals surface area (Å²) in [5.74, 6) is -0.401. The monoisotopic (exact) mass is 271 g/mol. The van der Waals surface area contributed by atoms with Crippen LogP contribution in [0, 0.1) is 6.92 Å². The zero-order chi connectivity index (χ0) is 13.4. The first-order chi connectivity index (χ1) is 8.63. The lowest BCUT2D eigenvalue weighted by Gasteiger charge is -2.06. The number of unbranched alkanes of at least 4 members (excludes halogenated alkanes) is 1. The van der Waals surface area contributed by atoms with Crippen LogP contribution in [0.4, 0.5) is 0 Å². The van der Waals surface area contributed by atoms with Gasteiger partial charge in [-0.25, -0.2) is 9.78 Å². The summed E-state index contributed by atoms with van der Waals surface area (Å²) in [7, 11) is 0. The van der Waals surface area contributed by atoms with E-state index in [0.29, 0.717) is 29.6 Å². The Morgan fingerprint density at radius 2 is 2.11 bits per heavy atom. The highest BCUT2D eigenvalue weighted by atomic mass is 35.5. The summed E-state index contributed by atoms with van der Waals surface area (Å²) in [6.07, 6.45) is 2.11. The lowest BCUT2D eigenvalue weighted by Crippen LogP contribution is -2.11. The maximum absolute atomic E-state index is 11.7. The zero-order valence-electron chi connectivity index (χ0n) is 10.7. The van der Waals surface area contributed by atoms with Crippen LogP contribution in [-0.2, 0) is 9.47 Å². The van der Waals surface area contributed by atoms with E-state index in [1.54, 1.807) is 13.0 Å². The van der Waals surface area contributed by atoms with Crippen molar-refractivity contribution in [1.82, 2.24) is 4.98 Å². The van der Waals surface area contributed by atoms with Gasteiger partial charge >= 0.3 is 5.97 Å². The van der Waals surface area contributed by atoms with E-state index in [9.17, 15) is 4.79 Å². The van der Waals surface area contributed by atoms with E-state index in [2.05, 4.69) is 11.9 Å². The first-order valence-corrected chi connectivity index (χ1v) is 6.40. The minimum atomic E-state index is -0.401. The molecule has 1 rings (SSSR count). The van der Waals surface area contributed by atoms with Crippen LogP contribution in [0.1, 0.15) is 35.8 Å². The topological polar surface area (TPSA) is 48.4 Å². The smallest absolute Gasteiger partial charge is 0.338 e. The molecule has 0 spiro atoms. The van der Waals surface area contributed by atoms with Crippen molar-refractivity contribution in [2.75, 3.05) is 19.8 Å². The van der Waals surface area contributed by atoms with E-state index in [1.807, 2.05) is 0 Å². The number of nitrogens with zero attached hydrogens (tertiary/aromatic N) is 1. The third-order valence-corrected chi connectivity index (χ3v) is 2.45. The van der Waals surface area contributed by atoms with Crippen LogP contribution in [0.25, 0.3) is 0 Å². The summed E-state index contributed by atoms with van der Waals surface area (Å²) in [5.41, 5.74) is 1.11. The maximum Gasteiger partial charge on any atom is 0.338 e. The Kier molecular flexibility index (Phi) is 6.68. The van der Waals surface area contributed by atoms with Crippen molar-refractivity contribution >= 4 is 17.6 Å². The van der Waals surface area contributed by atoms with Crippen molar-refractivity contribution in [3.05, 3.63) is 28.5 Å². The first kappa shape index (κ1) is 14.9. The summed E-state index contributed by atoms with van der Waals surface area (Å²) in [6.45, 7) is 5.24. The number of rotatable bonds is 7. The molecule has 0 N–H and O–H groups in total. The molecule has 1 heterocycles. The second kappa shape index (κ2) is 8.06. The van der Waals surface area contributed by atoms with Crippen LogP contribution >= 0.6 is 11.6 Å².